The zero-order valence-corrected chi connectivity index (χ0v) is 11.3. The van der Waals surface area contributed by atoms with Crippen LogP contribution in [-0.4, -0.2) is 21.1 Å². The highest BCUT2D eigenvalue weighted by Gasteiger charge is 2.15. The van der Waals surface area contributed by atoms with Gasteiger partial charge >= 0.3 is 0 Å². The fourth-order valence-electron chi connectivity index (χ4n) is 2.11. The van der Waals surface area contributed by atoms with Gasteiger partial charge in [0.2, 0.25) is 0 Å². The van der Waals surface area contributed by atoms with Gasteiger partial charge in [-0.25, -0.2) is 14.1 Å². The molecule has 4 nitrogen and oxygen atoms in total. The van der Waals surface area contributed by atoms with Crippen molar-refractivity contribution in [3.8, 4) is 17.1 Å². The minimum Gasteiger partial charge on any atom is -0.298 e. The monoisotopic (exact) mass is 281 g/mol. The van der Waals surface area contributed by atoms with Crippen molar-refractivity contribution >= 4 is 6.29 Å². The second-order valence-electron chi connectivity index (χ2n) is 4.67. The van der Waals surface area contributed by atoms with Crippen LogP contribution in [0.3, 0.4) is 0 Å². The van der Waals surface area contributed by atoms with Crippen molar-refractivity contribution in [2.24, 2.45) is 0 Å². The number of rotatable bonds is 3. The Balaban J connectivity index is 2.17. The topological polar surface area (TPSA) is 47.8 Å². The van der Waals surface area contributed by atoms with E-state index in [4.69, 9.17) is 0 Å². The Kier molecular flexibility index (Phi) is 3.31. The zero-order chi connectivity index (χ0) is 14.8. The molecular formula is C16H12FN3O. The molecule has 0 saturated heterocycles. The fourth-order valence-corrected chi connectivity index (χ4v) is 2.11. The predicted octanol–water partition coefficient (Wildman–Crippen LogP) is 3.19. The van der Waals surface area contributed by atoms with Crippen LogP contribution in [0.25, 0.3) is 17.1 Å². The van der Waals surface area contributed by atoms with E-state index in [0.717, 1.165) is 5.56 Å². The highest BCUT2D eigenvalue weighted by Crippen LogP contribution is 2.26. The van der Waals surface area contributed by atoms with Gasteiger partial charge in [0.1, 0.15) is 11.5 Å². The molecule has 21 heavy (non-hydrogen) atoms. The molecule has 0 N–H and O–H groups in total. The average molecular weight is 281 g/mol. The SMILES string of the molecule is Cc1ccc(F)c(-c2nn(-c3ccccn3)cc2C=O)c1. The molecule has 0 amide bonds. The number of carbonyl (C=O) groups is 1. The van der Waals surface area contributed by atoms with Crippen LogP contribution < -0.4 is 0 Å². The van der Waals surface area contributed by atoms with E-state index in [1.54, 1.807) is 36.7 Å². The van der Waals surface area contributed by atoms with Crippen LogP contribution in [0.1, 0.15) is 15.9 Å². The Morgan fingerprint density at radius 2 is 2.10 bits per heavy atom. The number of nitrogens with zero attached hydrogens (tertiary/aromatic N) is 3. The maximum atomic E-state index is 14.0. The molecule has 0 unspecified atom stereocenters. The van der Waals surface area contributed by atoms with Crippen LogP contribution in [0.5, 0.6) is 0 Å². The second kappa shape index (κ2) is 5.28. The molecule has 1 aromatic carbocycles. The Bertz CT molecular complexity index is 797. The molecule has 0 saturated carbocycles. The second-order valence-corrected chi connectivity index (χ2v) is 4.67. The molecule has 0 aliphatic carbocycles. The summed E-state index contributed by atoms with van der Waals surface area (Å²) in [6.45, 7) is 1.86. The average Bonchev–Trinajstić information content (AvgIpc) is 2.94. The third-order valence-corrected chi connectivity index (χ3v) is 3.13. The normalized spacial score (nSPS) is 10.6. The van der Waals surface area contributed by atoms with Gasteiger partial charge in [0.15, 0.2) is 12.1 Å². The first kappa shape index (κ1) is 13.2. The van der Waals surface area contributed by atoms with Gasteiger partial charge in [0, 0.05) is 18.0 Å². The van der Waals surface area contributed by atoms with Gasteiger partial charge < -0.3 is 0 Å². The van der Waals surface area contributed by atoms with Crippen LogP contribution in [0.4, 0.5) is 4.39 Å². The summed E-state index contributed by atoms with van der Waals surface area (Å²) < 4.78 is 15.5. The van der Waals surface area contributed by atoms with E-state index < -0.39 is 5.82 Å². The van der Waals surface area contributed by atoms with Crippen LogP contribution >= 0.6 is 0 Å². The number of benzene rings is 1. The highest BCUT2D eigenvalue weighted by molar-refractivity contribution is 5.85. The Hall–Kier alpha value is -2.82. The molecule has 0 aliphatic rings. The Morgan fingerprint density at radius 1 is 1.24 bits per heavy atom. The highest BCUT2D eigenvalue weighted by atomic mass is 19.1. The minimum absolute atomic E-state index is 0.312. The molecule has 0 spiro atoms. The third kappa shape index (κ3) is 2.45. The zero-order valence-electron chi connectivity index (χ0n) is 11.3. The number of hydrogen-bond acceptors (Lipinski definition) is 3. The van der Waals surface area contributed by atoms with Crippen molar-refractivity contribution in [3.05, 3.63) is 65.7 Å². The number of aryl methyl sites for hydroxylation is 1. The van der Waals surface area contributed by atoms with Crippen molar-refractivity contribution < 1.29 is 9.18 Å². The number of aldehydes is 1. The first-order valence-electron chi connectivity index (χ1n) is 6.42. The van der Waals surface area contributed by atoms with E-state index in [-0.39, 0.29) is 0 Å². The molecule has 0 atom stereocenters. The molecule has 0 radical (unpaired) electrons. The molecular weight excluding hydrogens is 269 g/mol. The number of aromatic nitrogens is 3. The molecule has 104 valence electrons. The van der Waals surface area contributed by atoms with Gasteiger partial charge in [-0.15, -0.1) is 0 Å². The van der Waals surface area contributed by atoms with E-state index in [9.17, 15) is 9.18 Å². The van der Waals surface area contributed by atoms with Crippen LogP contribution in [0.2, 0.25) is 0 Å². The lowest BCUT2D eigenvalue weighted by Gasteiger charge is -2.02. The molecule has 2 aromatic heterocycles. The number of carbonyl (C=O) groups excluding carboxylic acids is 1. The minimum atomic E-state index is -0.407. The van der Waals surface area contributed by atoms with E-state index >= 15 is 0 Å². The Labute approximate surface area is 120 Å². The summed E-state index contributed by atoms with van der Waals surface area (Å²) in [7, 11) is 0. The van der Waals surface area contributed by atoms with E-state index in [2.05, 4.69) is 10.1 Å². The first-order chi connectivity index (χ1) is 10.2. The van der Waals surface area contributed by atoms with E-state index in [1.807, 2.05) is 13.0 Å². The molecule has 0 fully saturated rings. The van der Waals surface area contributed by atoms with Crippen LogP contribution in [0.15, 0.2) is 48.8 Å². The summed E-state index contributed by atoms with van der Waals surface area (Å²) >= 11 is 0. The maximum Gasteiger partial charge on any atom is 0.153 e. The lowest BCUT2D eigenvalue weighted by atomic mass is 10.1. The lowest BCUT2D eigenvalue weighted by molar-refractivity contribution is 0.112. The van der Waals surface area contributed by atoms with Crippen molar-refractivity contribution in [2.45, 2.75) is 6.92 Å². The summed E-state index contributed by atoms with van der Waals surface area (Å²) in [5.74, 6) is 0.162. The third-order valence-electron chi connectivity index (χ3n) is 3.13. The smallest absolute Gasteiger partial charge is 0.153 e. The molecule has 3 aromatic rings. The van der Waals surface area contributed by atoms with Crippen molar-refractivity contribution in [1.82, 2.24) is 14.8 Å². The Morgan fingerprint density at radius 3 is 2.81 bits per heavy atom. The number of pyridine rings is 1. The molecule has 5 heteroatoms. The van der Waals surface area contributed by atoms with Crippen molar-refractivity contribution in [1.29, 1.82) is 0 Å². The maximum absolute atomic E-state index is 14.0. The molecule has 2 heterocycles. The fraction of sp³-hybridized carbons (Fsp3) is 0.0625. The molecule has 0 aliphatic heterocycles. The van der Waals surface area contributed by atoms with Gasteiger partial charge in [-0.3, -0.25) is 4.79 Å². The van der Waals surface area contributed by atoms with Crippen molar-refractivity contribution in [2.75, 3.05) is 0 Å². The molecule has 3 rings (SSSR count). The summed E-state index contributed by atoms with van der Waals surface area (Å²) in [4.78, 5) is 15.4. The van der Waals surface area contributed by atoms with Crippen LogP contribution in [0, 0.1) is 12.7 Å². The first-order valence-corrected chi connectivity index (χ1v) is 6.42. The predicted molar refractivity (Wildman–Crippen MR) is 76.9 cm³/mol. The quantitative estimate of drug-likeness (QED) is 0.693. The summed E-state index contributed by atoms with van der Waals surface area (Å²) in [6, 6.07) is 10.1. The number of hydrogen-bond donors (Lipinski definition) is 0. The van der Waals surface area contributed by atoms with Gasteiger partial charge in [0.05, 0.1) is 5.56 Å². The van der Waals surface area contributed by atoms with Gasteiger partial charge in [-0.05, 0) is 31.2 Å². The van der Waals surface area contributed by atoms with Gasteiger partial charge in [0.25, 0.3) is 0 Å². The number of halogens is 1. The van der Waals surface area contributed by atoms with E-state index in [1.165, 1.54) is 10.7 Å². The van der Waals surface area contributed by atoms with Crippen molar-refractivity contribution in [3.63, 3.8) is 0 Å². The van der Waals surface area contributed by atoms with Crippen LogP contribution in [-0.2, 0) is 0 Å². The summed E-state index contributed by atoms with van der Waals surface area (Å²) in [5.41, 5.74) is 1.85. The van der Waals surface area contributed by atoms with E-state index in [0.29, 0.717) is 28.9 Å². The van der Waals surface area contributed by atoms with Gasteiger partial charge in [-0.1, -0.05) is 17.7 Å². The lowest BCUT2D eigenvalue weighted by Crippen LogP contribution is -1.97. The molecule has 0 bridgehead atoms. The van der Waals surface area contributed by atoms with Gasteiger partial charge in [-0.2, -0.15) is 5.10 Å². The largest absolute Gasteiger partial charge is 0.298 e. The summed E-state index contributed by atoms with van der Waals surface area (Å²) in [6.07, 6.45) is 3.85. The standard InChI is InChI=1S/C16H12FN3O/c1-11-5-6-14(17)13(8-11)16-12(10-21)9-20(19-16)15-4-2-3-7-18-15/h2-10H,1H3. The summed E-state index contributed by atoms with van der Waals surface area (Å²) in [5, 5.41) is 4.31.